The SMILES string of the molecule is COc1cc(C(=O)C(=O)O)ccc1OC1CCN(C)C1. The number of hydrogen-bond acceptors (Lipinski definition) is 5. The van der Waals surface area contributed by atoms with Crippen LogP contribution < -0.4 is 9.47 Å². The Morgan fingerprint density at radius 1 is 1.35 bits per heavy atom. The monoisotopic (exact) mass is 279 g/mol. The number of rotatable bonds is 5. The van der Waals surface area contributed by atoms with Crippen molar-refractivity contribution in [3.63, 3.8) is 0 Å². The normalized spacial score (nSPS) is 18.8. The number of methoxy groups -OCH3 is 1. The van der Waals surface area contributed by atoms with E-state index in [1.54, 1.807) is 6.07 Å². The summed E-state index contributed by atoms with van der Waals surface area (Å²) < 4.78 is 11.0. The molecule has 1 heterocycles. The Bertz CT molecular complexity index is 528. The number of ether oxygens (including phenoxy) is 2. The number of carboxylic acids is 1. The van der Waals surface area contributed by atoms with Gasteiger partial charge >= 0.3 is 5.97 Å². The van der Waals surface area contributed by atoms with Gasteiger partial charge in [-0.15, -0.1) is 0 Å². The number of carbonyl (C=O) groups is 2. The number of carbonyl (C=O) groups excluding carboxylic acids is 1. The molecule has 0 saturated carbocycles. The van der Waals surface area contributed by atoms with Gasteiger partial charge in [0.05, 0.1) is 7.11 Å². The Morgan fingerprint density at radius 3 is 2.65 bits per heavy atom. The number of hydrogen-bond donors (Lipinski definition) is 1. The van der Waals surface area contributed by atoms with E-state index in [4.69, 9.17) is 14.6 Å². The van der Waals surface area contributed by atoms with Gasteiger partial charge in [-0.2, -0.15) is 0 Å². The fraction of sp³-hybridized carbons (Fsp3) is 0.429. The van der Waals surface area contributed by atoms with Crippen LogP contribution in [0.4, 0.5) is 0 Å². The zero-order chi connectivity index (χ0) is 14.7. The molecule has 1 unspecified atom stereocenters. The first-order valence-corrected chi connectivity index (χ1v) is 6.32. The van der Waals surface area contributed by atoms with Crippen molar-refractivity contribution in [3.05, 3.63) is 23.8 Å². The second-order valence-electron chi connectivity index (χ2n) is 4.79. The van der Waals surface area contributed by atoms with Gasteiger partial charge in [0.15, 0.2) is 11.5 Å². The molecule has 0 spiro atoms. The van der Waals surface area contributed by atoms with Crippen molar-refractivity contribution in [2.45, 2.75) is 12.5 Å². The number of carboxylic acid groups (broad SMARTS) is 1. The van der Waals surface area contributed by atoms with Gasteiger partial charge in [0.25, 0.3) is 5.78 Å². The number of likely N-dealkylation sites (N-methyl/N-ethyl adjacent to an activating group) is 1. The summed E-state index contributed by atoms with van der Waals surface area (Å²) in [5.74, 6) is -1.56. The largest absolute Gasteiger partial charge is 0.493 e. The van der Waals surface area contributed by atoms with Gasteiger partial charge in [-0.1, -0.05) is 0 Å². The summed E-state index contributed by atoms with van der Waals surface area (Å²) in [6.07, 6.45) is 1.00. The smallest absolute Gasteiger partial charge is 0.377 e. The molecular weight excluding hydrogens is 262 g/mol. The highest BCUT2D eigenvalue weighted by Crippen LogP contribution is 2.30. The lowest BCUT2D eigenvalue weighted by Crippen LogP contribution is -2.21. The Hall–Kier alpha value is -2.08. The molecule has 0 amide bonds. The van der Waals surface area contributed by atoms with E-state index in [1.807, 2.05) is 7.05 Å². The molecule has 2 rings (SSSR count). The van der Waals surface area contributed by atoms with Crippen LogP contribution in [0.3, 0.4) is 0 Å². The third-order valence-electron chi connectivity index (χ3n) is 3.26. The van der Waals surface area contributed by atoms with Crippen LogP contribution in [-0.4, -0.2) is 55.1 Å². The zero-order valence-corrected chi connectivity index (χ0v) is 11.5. The first kappa shape index (κ1) is 14.3. The topological polar surface area (TPSA) is 76.1 Å². The molecule has 1 atom stereocenters. The number of Topliss-reactive ketones (excluding diaryl/α,β-unsaturated/α-hetero) is 1. The molecule has 1 aromatic carbocycles. The van der Waals surface area contributed by atoms with E-state index in [-0.39, 0.29) is 11.7 Å². The van der Waals surface area contributed by atoms with Gasteiger partial charge in [0.2, 0.25) is 0 Å². The van der Waals surface area contributed by atoms with E-state index < -0.39 is 11.8 Å². The average Bonchev–Trinajstić information content (AvgIpc) is 2.83. The second kappa shape index (κ2) is 5.92. The van der Waals surface area contributed by atoms with Crippen LogP contribution in [0, 0.1) is 0 Å². The molecule has 1 N–H and O–H groups in total. The molecule has 1 aliphatic heterocycles. The summed E-state index contributed by atoms with van der Waals surface area (Å²) in [7, 11) is 3.48. The van der Waals surface area contributed by atoms with E-state index in [2.05, 4.69) is 4.90 Å². The van der Waals surface area contributed by atoms with Crippen molar-refractivity contribution in [3.8, 4) is 11.5 Å². The van der Waals surface area contributed by atoms with Crippen molar-refractivity contribution in [2.24, 2.45) is 0 Å². The zero-order valence-electron chi connectivity index (χ0n) is 11.5. The van der Waals surface area contributed by atoms with Gasteiger partial charge in [0, 0.05) is 18.7 Å². The Kier molecular flexibility index (Phi) is 4.24. The number of nitrogens with zero attached hydrogens (tertiary/aromatic N) is 1. The molecule has 20 heavy (non-hydrogen) atoms. The minimum absolute atomic E-state index is 0.0743. The molecule has 1 aliphatic rings. The van der Waals surface area contributed by atoms with Crippen LogP contribution in [0.15, 0.2) is 18.2 Å². The van der Waals surface area contributed by atoms with Gasteiger partial charge in [-0.05, 0) is 31.7 Å². The predicted molar refractivity (Wildman–Crippen MR) is 71.5 cm³/mol. The Morgan fingerprint density at radius 2 is 2.10 bits per heavy atom. The van der Waals surface area contributed by atoms with E-state index in [1.165, 1.54) is 19.2 Å². The van der Waals surface area contributed by atoms with E-state index in [9.17, 15) is 9.59 Å². The number of ketones is 1. The van der Waals surface area contributed by atoms with Gasteiger partial charge < -0.3 is 19.5 Å². The standard InChI is InChI=1S/C14H17NO5/c1-15-6-5-10(8-15)20-11-4-3-9(7-12(11)19-2)13(16)14(17)18/h3-4,7,10H,5-6,8H2,1-2H3,(H,17,18). The maximum Gasteiger partial charge on any atom is 0.377 e. The lowest BCUT2D eigenvalue weighted by molar-refractivity contribution is -0.131. The molecule has 1 saturated heterocycles. The summed E-state index contributed by atoms with van der Waals surface area (Å²) in [6.45, 7) is 1.81. The van der Waals surface area contributed by atoms with Crippen molar-refractivity contribution in [1.82, 2.24) is 4.90 Å². The fourth-order valence-corrected chi connectivity index (χ4v) is 2.20. The molecule has 108 valence electrons. The van der Waals surface area contributed by atoms with Crippen LogP contribution in [0.25, 0.3) is 0 Å². The Labute approximate surface area is 116 Å². The van der Waals surface area contributed by atoms with E-state index >= 15 is 0 Å². The maximum atomic E-state index is 11.4. The van der Waals surface area contributed by atoms with Crippen LogP contribution in [0.5, 0.6) is 11.5 Å². The fourth-order valence-electron chi connectivity index (χ4n) is 2.20. The van der Waals surface area contributed by atoms with Crippen LogP contribution in [0.1, 0.15) is 16.8 Å². The molecule has 0 bridgehead atoms. The van der Waals surface area contributed by atoms with Gasteiger partial charge in [-0.3, -0.25) is 4.79 Å². The minimum atomic E-state index is -1.49. The quantitative estimate of drug-likeness (QED) is 0.641. The molecule has 1 fully saturated rings. The van der Waals surface area contributed by atoms with Crippen molar-refractivity contribution in [1.29, 1.82) is 0 Å². The molecule has 6 nitrogen and oxygen atoms in total. The summed E-state index contributed by atoms with van der Waals surface area (Å²) >= 11 is 0. The molecule has 0 aromatic heterocycles. The van der Waals surface area contributed by atoms with Crippen molar-refractivity contribution >= 4 is 11.8 Å². The van der Waals surface area contributed by atoms with E-state index in [0.29, 0.717) is 11.5 Å². The molecule has 0 radical (unpaired) electrons. The average molecular weight is 279 g/mol. The first-order chi connectivity index (χ1) is 9.51. The molecular formula is C14H17NO5. The second-order valence-corrected chi connectivity index (χ2v) is 4.79. The minimum Gasteiger partial charge on any atom is -0.493 e. The van der Waals surface area contributed by atoms with E-state index in [0.717, 1.165) is 19.5 Å². The molecule has 0 aliphatic carbocycles. The molecule has 6 heteroatoms. The summed E-state index contributed by atoms with van der Waals surface area (Å²) in [6, 6.07) is 4.41. The van der Waals surface area contributed by atoms with Crippen molar-refractivity contribution < 1.29 is 24.2 Å². The maximum absolute atomic E-state index is 11.4. The van der Waals surface area contributed by atoms with Crippen LogP contribution >= 0.6 is 0 Å². The third kappa shape index (κ3) is 3.08. The third-order valence-corrected chi connectivity index (χ3v) is 3.26. The first-order valence-electron chi connectivity index (χ1n) is 6.32. The summed E-state index contributed by atoms with van der Waals surface area (Å²) in [5, 5.41) is 8.70. The highest BCUT2D eigenvalue weighted by Gasteiger charge is 2.23. The predicted octanol–water partition coefficient (Wildman–Crippen LogP) is 1.05. The molecule has 1 aromatic rings. The lowest BCUT2D eigenvalue weighted by atomic mass is 10.1. The van der Waals surface area contributed by atoms with Gasteiger partial charge in [-0.25, -0.2) is 4.79 Å². The van der Waals surface area contributed by atoms with Gasteiger partial charge in [0.1, 0.15) is 6.10 Å². The Balaban J connectivity index is 2.17. The number of aliphatic carboxylic acids is 1. The number of likely N-dealkylation sites (tertiary alicyclic amines) is 1. The summed E-state index contributed by atoms with van der Waals surface area (Å²) in [4.78, 5) is 24.2. The number of benzene rings is 1. The van der Waals surface area contributed by atoms with Crippen LogP contribution in [-0.2, 0) is 4.79 Å². The lowest BCUT2D eigenvalue weighted by Gasteiger charge is -2.16. The highest BCUT2D eigenvalue weighted by molar-refractivity contribution is 6.39. The summed E-state index contributed by atoms with van der Waals surface area (Å²) in [5.41, 5.74) is 0.0743. The van der Waals surface area contributed by atoms with Crippen LogP contribution in [0.2, 0.25) is 0 Å². The highest BCUT2D eigenvalue weighted by atomic mass is 16.5. The van der Waals surface area contributed by atoms with Crippen molar-refractivity contribution in [2.75, 3.05) is 27.2 Å².